The van der Waals surface area contributed by atoms with Gasteiger partial charge in [0.2, 0.25) is 0 Å². The number of fused-ring (bicyclic) bond motifs is 5. The van der Waals surface area contributed by atoms with Crippen LogP contribution in [0.25, 0.3) is 0 Å². The van der Waals surface area contributed by atoms with Crippen LogP contribution in [0.5, 0.6) is 0 Å². The van der Waals surface area contributed by atoms with Gasteiger partial charge in [0.05, 0.1) is 0 Å². The maximum atomic E-state index is 2.58. The van der Waals surface area contributed by atoms with E-state index in [9.17, 15) is 0 Å². The first-order valence-electron chi connectivity index (χ1n) is 9.63. The van der Waals surface area contributed by atoms with Gasteiger partial charge in [-0.25, -0.2) is 0 Å². The predicted molar refractivity (Wildman–Crippen MR) is 88.5 cm³/mol. The summed E-state index contributed by atoms with van der Waals surface area (Å²) in [5, 5.41) is 0. The normalized spacial score (nSPS) is 48.1. The van der Waals surface area contributed by atoms with Crippen LogP contribution in [-0.4, -0.2) is 6.71 Å². The fraction of sp³-hybridized carbons (Fsp3) is 1.00. The van der Waals surface area contributed by atoms with Crippen molar-refractivity contribution >= 4 is 6.71 Å². The summed E-state index contributed by atoms with van der Waals surface area (Å²) >= 11 is 0. The number of hydrogen-bond acceptors (Lipinski definition) is 0. The van der Waals surface area contributed by atoms with E-state index in [0.717, 1.165) is 41.9 Å². The van der Waals surface area contributed by atoms with Crippen LogP contribution < -0.4 is 18.9 Å². The molecule has 3 saturated carbocycles. The van der Waals surface area contributed by atoms with Crippen LogP contribution in [-0.2, 0) is 0 Å². The van der Waals surface area contributed by atoms with Crippen LogP contribution in [0.15, 0.2) is 0 Å². The first-order chi connectivity index (χ1) is 9.63. The molecular formula is C19H33BLi. The Kier molecular flexibility index (Phi) is 4.67. The summed E-state index contributed by atoms with van der Waals surface area (Å²) in [6.45, 7) is 8.79. The number of hydrogen-bond donors (Lipinski definition) is 0. The van der Waals surface area contributed by atoms with Crippen molar-refractivity contribution < 1.29 is 18.9 Å². The van der Waals surface area contributed by atoms with Crippen LogP contribution in [0.3, 0.4) is 0 Å². The van der Waals surface area contributed by atoms with Crippen molar-refractivity contribution in [3.05, 3.63) is 0 Å². The molecule has 2 heteroatoms. The summed E-state index contributed by atoms with van der Waals surface area (Å²) in [7, 11) is 0. The van der Waals surface area contributed by atoms with E-state index in [1.165, 1.54) is 6.42 Å². The minimum absolute atomic E-state index is 0. The Bertz CT molecular complexity index is 358. The van der Waals surface area contributed by atoms with Crippen LogP contribution in [0.1, 0.15) is 78.6 Å². The molecule has 5 rings (SSSR count). The van der Waals surface area contributed by atoms with E-state index in [1.807, 2.05) is 0 Å². The Morgan fingerprint density at radius 1 is 0.952 bits per heavy atom. The van der Waals surface area contributed by atoms with Crippen molar-refractivity contribution in [1.29, 1.82) is 0 Å². The van der Waals surface area contributed by atoms with Gasteiger partial charge in [-0.05, 0) is 23.7 Å². The average molecular weight is 279 g/mol. The molecule has 0 aromatic heterocycles. The van der Waals surface area contributed by atoms with Crippen LogP contribution in [0.2, 0.25) is 17.5 Å². The van der Waals surface area contributed by atoms with Crippen molar-refractivity contribution in [2.45, 2.75) is 96.0 Å². The van der Waals surface area contributed by atoms with Crippen molar-refractivity contribution in [2.75, 3.05) is 0 Å². The molecule has 1 radical (unpaired) electrons. The van der Waals surface area contributed by atoms with Gasteiger partial charge in [-0.2, -0.15) is 17.5 Å². The largest absolute Gasteiger partial charge is 1.00 e. The fourth-order valence-electron chi connectivity index (χ4n) is 7.44. The first-order valence-corrected chi connectivity index (χ1v) is 9.63. The first kappa shape index (κ1) is 16.5. The molecule has 2 aliphatic heterocycles. The molecule has 0 nitrogen and oxygen atoms in total. The van der Waals surface area contributed by atoms with E-state index in [0.29, 0.717) is 5.41 Å². The molecule has 113 valence electrons. The topological polar surface area (TPSA) is 0 Å². The Hall–Kier alpha value is 0.662. The Balaban J connectivity index is 0.00000132. The monoisotopic (exact) mass is 279 g/mol. The fourth-order valence-corrected chi connectivity index (χ4v) is 7.44. The van der Waals surface area contributed by atoms with Gasteiger partial charge in [-0.15, -0.1) is 6.71 Å². The molecule has 0 unspecified atom stereocenters. The van der Waals surface area contributed by atoms with E-state index >= 15 is 0 Å². The van der Waals surface area contributed by atoms with Gasteiger partial charge in [0.25, 0.3) is 0 Å². The molecule has 21 heavy (non-hydrogen) atoms. The summed E-state index contributed by atoms with van der Waals surface area (Å²) in [4.78, 5) is 0. The maximum Gasteiger partial charge on any atom is 1.00 e. The molecule has 5 aliphatic rings. The molecule has 2 heterocycles. The summed E-state index contributed by atoms with van der Waals surface area (Å²) < 4.78 is 0. The SMILES string of the molecule is CC[C@@H]1[C@@H]([B-]2C3CCCC2CCC3)C[C@H]2C[C@@H]1C2(C)C.[Li+]. The van der Waals surface area contributed by atoms with Gasteiger partial charge in [0.1, 0.15) is 0 Å². The van der Waals surface area contributed by atoms with Crippen molar-refractivity contribution in [3.63, 3.8) is 0 Å². The van der Waals surface area contributed by atoms with Gasteiger partial charge in [0.15, 0.2) is 0 Å². The van der Waals surface area contributed by atoms with Crippen LogP contribution in [0.4, 0.5) is 0 Å². The Morgan fingerprint density at radius 3 is 2.00 bits per heavy atom. The van der Waals surface area contributed by atoms with Gasteiger partial charge in [0, 0.05) is 0 Å². The van der Waals surface area contributed by atoms with Crippen molar-refractivity contribution in [3.8, 4) is 0 Å². The maximum absolute atomic E-state index is 2.58. The third-order valence-corrected chi connectivity index (χ3v) is 8.52. The zero-order chi connectivity index (χ0) is 13.9. The predicted octanol–water partition coefficient (Wildman–Crippen LogP) is 3.06. The van der Waals surface area contributed by atoms with E-state index in [2.05, 4.69) is 20.8 Å². The summed E-state index contributed by atoms with van der Waals surface area (Å²) in [6.07, 6.45) is 14.0. The molecule has 2 saturated heterocycles. The van der Waals surface area contributed by atoms with Gasteiger partial charge in [-0.3, -0.25) is 0 Å². The minimum atomic E-state index is 0. The molecular weight excluding hydrogens is 246 g/mol. The third kappa shape index (κ3) is 2.41. The Morgan fingerprint density at radius 2 is 1.52 bits per heavy atom. The van der Waals surface area contributed by atoms with Crippen molar-refractivity contribution in [2.24, 2.45) is 23.2 Å². The van der Waals surface area contributed by atoms with E-state index in [-0.39, 0.29) is 18.9 Å². The molecule has 0 spiro atoms. The standard InChI is InChI=1S/C19H33B.Li/c1-4-16-17-11-13(19(17,2)3)12-18(16)20-14-7-5-8-15(20)10-6-9-14;/h13-18H,4-12H2,1-3H3;/q-1;+1/t13-,14?,15?,16+,17+,18+;/m1./s1. The summed E-state index contributed by atoms with van der Waals surface area (Å²) in [5.41, 5.74) is 0.682. The molecule has 0 aromatic rings. The minimum Gasteiger partial charge on any atom is -0.196 e. The molecule has 4 bridgehead atoms. The zero-order valence-electron chi connectivity index (χ0n) is 14.9. The molecule has 5 fully saturated rings. The smallest absolute Gasteiger partial charge is 0.196 e. The average Bonchev–Trinajstić information content (AvgIpc) is 2.45. The van der Waals surface area contributed by atoms with Gasteiger partial charge in [-0.1, -0.05) is 78.1 Å². The molecule has 3 aliphatic carbocycles. The Labute approximate surface area is 144 Å². The summed E-state index contributed by atoms with van der Waals surface area (Å²) in [6, 6.07) is 0. The van der Waals surface area contributed by atoms with Crippen LogP contribution >= 0.6 is 0 Å². The molecule has 4 atom stereocenters. The third-order valence-electron chi connectivity index (χ3n) is 8.52. The molecule has 0 N–H and O–H groups in total. The molecule has 0 amide bonds. The zero-order valence-corrected chi connectivity index (χ0v) is 14.9. The van der Waals surface area contributed by atoms with E-state index < -0.39 is 0 Å². The van der Waals surface area contributed by atoms with E-state index in [4.69, 9.17) is 0 Å². The van der Waals surface area contributed by atoms with Gasteiger partial charge < -0.3 is 0 Å². The number of rotatable bonds is 2. The second-order valence-corrected chi connectivity index (χ2v) is 9.29. The van der Waals surface area contributed by atoms with Gasteiger partial charge >= 0.3 is 18.9 Å². The quantitative estimate of drug-likeness (QED) is 0.682. The van der Waals surface area contributed by atoms with Crippen LogP contribution in [0, 0.1) is 23.2 Å². The summed E-state index contributed by atoms with van der Waals surface area (Å²) in [5.74, 6) is 6.58. The van der Waals surface area contributed by atoms with Crippen molar-refractivity contribution in [1.82, 2.24) is 0 Å². The molecule has 0 aromatic carbocycles. The second-order valence-electron chi connectivity index (χ2n) is 9.29. The van der Waals surface area contributed by atoms with E-state index in [1.54, 1.807) is 51.4 Å². The second kappa shape index (κ2) is 5.94.